The molecule has 0 aliphatic rings. The molecule has 0 radical (unpaired) electrons. The number of halogens is 2. The molecule has 0 bridgehead atoms. The summed E-state index contributed by atoms with van der Waals surface area (Å²) in [5, 5.41) is 28.1. The van der Waals surface area contributed by atoms with Gasteiger partial charge in [-0.2, -0.15) is 5.26 Å². The fraction of sp³-hybridized carbons (Fsp3) is 0.300. The van der Waals surface area contributed by atoms with Crippen LogP contribution in [0.4, 0.5) is 0 Å². The zero-order valence-electron chi connectivity index (χ0n) is 7.69. The van der Waals surface area contributed by atoms with E-state index in [-0.39, 0.29) is 6.42 Å². The molecule has 2 atom stereocenters. The topological polar surface area (TPSA) is 64.2 Å². The summed E-state index contributed by atoms with van der Waals surface area (Å²) in [6.07, 6.45) is -2.34. The SMILES string of the molecule is N#CCC(O)C(O)c1cc(Cl)ccc1Br. The van der Waals surface area contributed by atoms with Crippen LogP contribution in [0, 0.1) is 11.3 Å². The number of hydrogen-bond donors (Lipinski definition) is 2. The lowest BCUT2D eigenvalue weighted by Crippen LogP contribution is -2.17. The molecule has 5 heteroatoms. The van der Waals surface area contributed by atoms with Crippen LogP contribution in [0.15, 0.2) is 22.7 Å². The summed E-state index contributed by atoms with van der Waals surface area (Å²) in [6, 6.07) is 6.69. The van der Waals surface area contributed by atoms with Crippen LogP contribution in [-0.4, -0.2) is 16.3 Å². The van der Waals surface area contributed by atoms with E-state index in [1.54, 1.807) is 24.3 Å². The van der Waals surface area contributed by atoms with Crippen LogP contribution in [0.5, 0.6) is 0 Å². The molecular formula is C10H9BrClNO2. The van der Waals surface area contributed by atoms with E-state index in [1.165, 1.54) is 0 Å². The van der Waals surface area contributed by atoms with Crippen molar-refractivity contribution in [1.82, 2.24) is 0 Å². The monoisotopic (exact) mass is 289 g/mol. The highest BCUT2D eigenvalue weighted by Crippen LogP contribution is 2.29. The summed E-state index contributed by atoms with van der Waals surface area (Å²) in [7, 11) is 0. The Labute approximate surface area is 101 Å². The van der Waals surface area contributed by atoms with Crippen molar-refractivity contribution in [3.05, 3.63) is 33.3 Å². The molecule has 0 aliphatic carbocycles. The molecule has 3 nitrogen and oxygen atoms in total. The Bertz CT molecular complexity index is 391. The van der Waals surface area contributed by atoms with Gasteiger partial charge in [0, 0.05) is 9.50 Å². The zero-order valence-corrected chi connectivity index (χ0v) is 10.0. The van der Waals surface area contributed by atoms with Crippen molar-refractivity contribution in [2.24, 2.45) is 0 Å². The summed E-state index contributed by atoms with van der Waals surface area (Å²) in [4.78, 5) is 0. The summed E-state index contributed by atoms with van der Waals surface area (Å²) in [6.45, 7) is 0. The third-order valence-corrected chi connectivity index (χ3v) is 2.90. The molecule has 15 heavy (non-hydrogen) atoms. The number of aliphatic hydroxyl groups is 2. The molecule has 0 aromatic heterocycles. The highest BCUT2D eigenvalue weighted by molar-refractivity contribution is 9.10. The lowest BCUT2D eigenvalue weighted by atomic mass is 10.0. The van der Waals surface area contributed by atoms with Crippen molar-refractivity contribution in [3.8, 4) is 6.07 Å². The van der Waals surface area contributed by atoms with E-state index < -0.39 is 12.2 Å². The van der Waals surface area contributed by atoms with Crippen molar-refractivity contribution < 1.29 is 10.2 Å². The Balaban J connectivity index is 2.95. The van der Waals surface area contributed by atoms with Crippen molar-refractivity contribution in [2.45, 2.75) is 18.6 Å². The smallest absolute Gasteiger partial charge is 0.107 e. The zero-order chi connectivity index (χ0) is 11.4. The maximum atomic E-state index is 9.74. The largest absolute Gasteiger partial charge is 0.389 e. The van der Waals surface area contributed by atoms with Crippen LogP contribution in [0.1, 0.15) is 18.1 Å². The molecule has 0 saturated heterocycles. The molecule has 0 fully saturated rings. The highest BCUT2D eigenvalue weighted by Gasteiger charge is 2.20. The van der Waals surface area contributed by atoms with Gasteiger partial charge in [0.25, 0.3) is 0 Å². The van der Waals surface area contributed by atoms with E-state index in [2.05, 4.69) is 15.9 Å². The number of nitriles is 1. The number of aliphatic hydroxyl groups excluding tert-OH is 2. The molecule has 2 N–H and O–H groups in total. The first-order valence-corrected chi connectivity index (χ1v) is 5.41. The summed E-state index contributed by atoms with van der Waals surface area (Å²) >= 11 is 9.00. The van der Waals surface area contributed by atoms with Crippen LogP contribution >= 0.6 is 27.5 Å². The molecule has 0 heterocycles. The molecule has 1 aromatic rings. The van der Waals surface area contributed by atoms with E-state index in [0.717, 1.165) is 0 Å². The second-order valence-corrected chi connectivity index (χ2v) is 4.33. The summed E-state index contributed by atoms with van der Waals surface area (Å²) < 4.78 is 0.649. The van der Waals surface area contributed by atoms with Gasteiger partial charge in [-0.1, -0.05) is 27.5 Å². The van der Waals surface area contributed by atoms with E-state index >= 15 is 0 Å². The Morgan fingerprint density at radius 2 is 2.13 bits per heavy atom. The Hall–Kier alpha value is -0.600. The van der Waals surface area contributed by atoms with Crippen LogP contribution in [0.3, 0.4) is 0 Å². The Morgan fingerprint density at radius 3 is 2.73 bits per heavy atom. The first-order valence-electron chi connectivity index (χ1n) is 4.24. The molecule has 1 rings (SSSR count). The summed E-state index contributed by atoms with van der Waals surface area (Å²) in [5.74, 6) is 0. The van der Waals surface area contributed by atoms with Crippen molar-refractivity contribution in [2.75, 3.05) is 0 Å². The molecule has 0 amide bonds. The first-order chi connectivity index (χ1) is 7.06. The van der Waals surface area contributed by atoms with Gasteiger partial charge < -0.3 is 10.2 Å². The first kappa shape index (κ1) is 12.5. The maximum Gasteiger partial charge on any atom is 0.107 e. The molecule has 1 aromatic carbocycles. The quantitative estimate of drug-likeness (QED) is 0.898. The average Bonchev–Trinajstić information content (AvgIpc) is 2.21. The van der Waals surface area contributed by atoms with Gasteiger partial charge in [0.1, 0.15) is 6.10 Å². The number of benzene rings is 1. The Kier molecular flexibility index (Phi) is 4.55. The van der Waals surface area contributed by atoms with Crippen molar-refractivity contribution in [1.29, 1.82) is 5.26 Å². The molecule has 0 saturated carbocycles. The standard InChI is InChI=1S/C10H9BrClNO2/c11-8-2-1-6(12)5-7(8)10(15)9(14)3-4-13/h1-2,5,9-10,14-15H,3H2. The van der Waals surface area contributed by atoms with Crippen LogP contribution in [-0.2, 0) is 0 Å². The predicted octanol–water partition coefficient (Wildman–Crippen LogP) is 2.41. The van der Waals surface area contributed by atoms with Crippen LogP contribution < -0.4 is 0 Å². The predicted molar refractivity (Wildman–Crippen MR) is 60.3 cm³/mol. The van der Waals surface area contributed by atoms with Gasteiger partial charge in [-0.15, -0.1) is 0 Å². The van der Waals surface area contributed by atoms with Gasteiger partial charge in [-0.05, 0) is 23.8 Å². The minimum Gasteiger partial charge on any atom is -0.389 e. The average molecular weight is 291 g/mol. The van der Waals surface area contributed by atoms with E-state index in [1.807, 2.05) is 0 Å². The second kappa shape index (κ2) is 5.47. The van der Waals surface area contributed by atoms with E-state index in [9.17, 15) is 10.2 Å². The third kappa shape index (κ3) is 3.18. The number of rotatable bonds is 3. The Morgan fingerprint density at radius 1 is 1.47 bits per heavy atom. The normalized spacial score (nSPS) is 14.3. The minimum absolute atomic E-state index is 0.125. The molecule has 80 valence electrons. The van der Waals surface area contributed by atoms with Gasteiger partial charge in [-0.25, -0.2) is 0 Å². The molecular weight excluding hydrogens is 281 g/mol. The summed E-state index contributed by atoms with van der Waals surface area (Å²) in [5.41, 5.74) is 0.477. The van der Waals surface area contributed by atoms with Gasteiger partial charge >= 0.3 is 0 Å². The highest BCUT2D eigenvalue weighted by atomic mass is 79.9. The third-order valence-electron chi connectivity index (χ3n) is 1.94. The lowest BCUT2D eigenvalue weighted by Gasteiger charge is -2.17. The lowest BCUT2D eigenvalue weighted by molar-refractivity contribution is 0.0212. The van der Waals surface area contributed by atoms with Crippen LogP contribution in [0.2, 0.25) is 5.02 Å². The molecule has 2 unspecified atom stereocenters. The van der Waals surface area contributed by atoms with Gasteiger partial charge in [0.05, 0.1) is 18.6 Å². The van der Waals surface area contributed by atoms with E-state index in [0.29, 0.717) is 15.1 Å². The van der Waals surface area contributed by atoms with Crippen molar-refractivity contribution >= 4 is 27.5 Å². The second-order valence-electron chi connectivity index (χ2n) is 3.04. The fourth-order valence-electron chi connectivity index (χ4n) is 1.15. The maximum absolute atomic E-state index is 9.74. The van der Waals surface area contributed by atoms with Crippen molar-refractivity contribution in [3.63, 3.8) is 0 Å². The number of hydrogen-bond acceptors (Lipinski definition) is 3. The fourth-order valence-corrected chi connectivity index (χ4v) is 1.82. The van der Waals surface area contributed by atoms with Gasteiger partial charge in [-0.3, -0.25) is 0 Å². The molecule has 0 aliphatic heterocycles. The minimum atomic E-state index is -1.11. The van der Waals surface area contributed by atoms with Gasteiger partial charge in [0.15, 0.2) is 0 Å². The van der Waals surface area contributed by atoms with Gasteiger partial charge in [0.2, 0.25) is 0 Å². The number of nitrogens with zero attached hydrogens (tertiary/aromatic N) is 1. The van der Waals surface area contributed by atoms with E-state index in [4.69, 9.17) is 16.9 Å². The molecule has 0 spiro atoms. The van der Waals surface area contributed by atoms with Crippen LogP contribution in [0.25, 0.3) is 0 Å².